The van der Waals surface area contributed by atoms with E-state index in [0.29, 0.717) is 18.8 Å². The molecule has 1 heterocycles. The Bertz CT molecular complexity index is 511. The van der Waals surface area contributed by atoms with E-state index >= 15 is 0 Å². The fourth-order valence-corrected chi connectivity index (χ4v) is 2.69. The first-order chi connectivity index (χ1) is 9.64. The van der Waals surface area contributed by atoms with Crippen LogP contribution in [0.25, 0.3) is 0 Å². The predicted octanol–water partition coefficient (Wildman–Crippen LogP) is 3.81. The summed E-state index contributed by atoms with van der Waals surface area (Å²) in [6.07, 6.45) is -3.87. The van der Waals surface area contributed by atoms with Crippen molar-refractivity contribution in [1.29, 1.82) is 0 Å². The van der Waals surface area contributed by atoms with Gasteiger partial charge in [-0.1, -0.05) is 6.92 Å². The number of halogens is 4. The monoisotopic (exact) mass is 304 g/mol. The van der Waals surface area contributed by atoms with Gasteiger partial charge < -0.3 is 10.2 Å². The minimum absolute atomic E-state index is 0.101. The van der Waals surface area contributed by atoms with Gasteiger partial charge in [-0.3, -0.25) is 0 Å². The molecule has 1 N–H and O–H groups in total. The molecule has 2 rings (SSSR count). The second kappa shape index (κ2) is 5.48. The van der Waals surface area contributed by atoms with Crippen molar-refractivity contribution in [2.24, 2.45) is 0 Å². The third-order valence-corrected chi connectivity index (χ3v) is 3.88. The molecule has 0 amide bonds. The van der Waals surface area contributed by atoms with Crippen molar-refractivity contribution in [2.75, 3.05) is 18.0 Å². The quantitative estimate of drug-likeness (QED) is 0.836. The molecule has 1 unspecified atom stereocenters. The Hall–Kier alpha value is -1.30. The Kier molecular flexibility index (Phi) is 4.19. The molecule has 1 saturated heterocycles. The molecule has 0 bridgehead atoms. The van der Waals surface area contributed by atoms with E-state index in [-0.39, 0.29) is 11.6 Å². The standard InChI is InChI=1S/C15H20F4N2/c1-4-10-8-20-14(2,3)9-21(10)11-5-6-13(16)12(7-11)15(17,18)19/h5-7,10,20H,4,8-9H2,1-3H3. The average Bonchev–Trinajstić information content (AvgIpc) is 2.37. The zero-order valence-electron chi connectivity index (χ0n) is 12.4. The second-order valence-corrected chi connectivity index (χ2v) is 6.12. The van der Waals surface area contributed by atoms with E-state index in [2.05, 4.69) is 5.32 Å². The first-order valence-corrected chi connectivity index (χ1v) is 7.02. The lowest BCUT2D eigenvalue weighted by Crippen LogP contribution is -2.61. The zero-order valence-corrected chi connectivity index (χ0v) is 12.4. The van der Waals surface area contributed by atoms with Crippen LogP contribution in [-0.2, 0) is 6.18 Å². The highest BCUT2D eigenvalue weighted by atomic mass is 19.4. The van der Waals surface area contributed by atoms with Crippen molar-refractivity contribution in [2.45, 2.75) is 44.9 Å². The highest BCUT2D eigenvalue weighted by Gasteiger charge is 2.36. The van der Waals surface area contributed by atoms with Gasteiger partial charge in [-0.2, -0.15) is 13.2 Å². The molecule has 0 aliphatic carbocycles. The third kappa shape index (κ3) is 3.48. The van der Waals surface area contributed by atoms with Gasteiger partial charge in [0, 0.05) is 30.4 Å². The van der Waals surface area contributed by atoms with E-state index in [0.717, 1.165) is 18.6 Å². The van der Waals surface area contributed by atoms with Crippen LogP contribution in [-0.4, -0.2) is 24.7 Å². The summed E-state index contributed by atoms with van der Waals surface area (Å²) in [6, 6.07) is 3.35. The first kappa shape index (κ1) is 16.1. The Morgan fingerprint density at radius 1 is 1.33 bits per heavy atom. The van der Waals surface area contributed by atoms with Crippen molar-refractivity contribution < 1.29 is 17.6 Å². The molecule has 1 aliphatic rings. The molecule has 1 fully saturated rings. The molecule has 0 saturated carbocycles. The topological polar surface area (TPSA) is 15.3 Å². The number of alkyl halides is 3. The number of piperazine rings is 1. The largest absolute Gasteiger partial charge is 0.419 e. The minimum Gasteiger partial charge on any atom is -0.365 e. The average molecular weight is 304 g/mol. The highest BCUT2D eigenvalue weighted by Crippen LogP contribution is 2.35. The maximum Gasteiger partial charge on any atom is 0.419 e. The fourth-order valence-electron chi connectivity index (χ4n) is 2.69. The molecule has 1 aromatic carbocycles. The number of nitrogens with one attached hydrogen (secondary N) is 1. The molecule has 21 heavy (non-hydrogen) atoms. The Morgan fingerprint density at radius 2 is 2.00 bits per heavy atom. The molecule has 1 atom stereocenters. The van der Waals surface area contributed by atoms with Crippen LogP contribution in [0.1, 0.15) is 32.8 Å². The molecular formula is C15H20F4N2. The fraction of sp³-hybridized carbons (Fsp3) is 0.600. The molecule has 118 valence electrons. The van der Waals surface area contributed by atoms with Crippen LogP contribution in [0, 0.1) is 5.82 Å². The Morgan fingerprint density at radius 3 is 2.57 bits per heavy atom. The van der Waals surface area contributed by atoms with Crippen LogP contribution in [0.5, 0.6) is 0 Å². The summed E-state index contributed by atoms with van der Waals surface area (Å²) in [5, 5.41) is 3.38. The SMILES string of the molecule is CCC1CNC(C)(C)CN1c1ccc(F)c(C(F)(F)F)c1. The van der Waals surface area contributed by atoms with E-state index in [1.165, 1.54) is 6.07 Å². The molecule has 2 nitrogen and oxygen atoms in total. The van der Waals surface area contributed by atoms with Gasteiger partial charge in [0.15, 0.2) is 0 Å². The van der Waals surface area contributed by atoms with Crippen LogP contribution < -0.4 is 10.2 Å². The number of rotatable bonds is 2. The smallest absolute Gasteiger partial charge is 0.365 e. The van der Waals surface area contributed by atoms with Crippen molar-refractivity contribution in [1.82, 2.24) is 5.32 Å². The van der Waals surface area contributed by atoms with Gasteiger partial charge >= 0.3 is 6.18 Å². The summed E-state index contributed by atoms with van der Waals surface area (Å²) in [4.78, 5) is 1.94. The second-order valence-electron chi connectivity index (χ2n) is 6.12. The first-order valence-electron chi connectivity index (χ1n) is 7.02. The van der Waals surface area contributed by atoms with E-state index in [4.69, 9.17) is 0 Å². The summed E-state index contributed by atoms with van der Waals surface area (Å²) in [5.74, 6) is -1.23. The highest BCUT2D eigenvalue weighted by molar-refractivity contribution is 5.51. The van der Waals surface area contributed by atoms with Gasteiger partial charge in [-0.15, -0.1) is 0 Å². The summed E-state index contributed by atoms with van der Waals surface area (Å²) >= 11 is 0. The molecule has 0 spiro atoms. The lowest BCUT2D eigenvalue weighted by atomic mass is 9.96. The van der Waals surface area contributed by atoms with Gasteiger partial charge in [0.05, 0.1) is 5.56 Å². The van der Waals surface area contributed by atoms with Crippen LogP contribution in [0.4, 0.5) is 23.2 Å². The lowest BCUT2D eigenvalue weighted by molar-refractivity contribution is -0.139. The van der Waals surface area contributed by atoms with Crippen molar-refractivity contribution in [3.8, 4) is 0 Å². The summed E-state index contributed by atoms with van der Waals surface area (Å²) in [6.45, 7) is 7.27. The molecule has 0 radical (unpaired) electrons. The number of anilines is 1. The van der Waals surface area contributed by atoms with Crippen LogP contribution >= 0.6 is 0 Å². The van der Waals surface area contributed by atoms with Crippen molar-refractivity contribution in [3.05, 3.63) is 29.6 Å². The van der Waals surface area contributed by atoms with Gasteiger partial charge in [0.2, 0.25) is 0 Å². The van der Waals surface area contributed by atoms with E-state index < -0.39 is 17.6 Å². The summed E-state index contributed by atoms with van der Waals surface area (Å²) < 4.78 is 52.0. The molecule has 0 aromatic heterocycles. The molecule has 1 aliphatic heterocycles. The normalized spacial score (nSPS) is 22.4. The zero-order chi connectivity index (χ0) is 15.8. The van der Waals surface area contributed by atoms with E-state index in [1.54, 1.807) is 0 Å². The number of benzene rings is 1. The van der Waals surface area contributed by atoms with Gasteiger partial charge in [-0.05, 0) is 38.5 Å². The van der Waals surface area contributed by atoms with Crippen molar-refractivity contribution >= 4 is 5.69 Å². The minimum atomic E-state index is -4.68. The van der Waals surface area contributed by atoms with Gasteiger partial charge in [0.1, 0.15) is 5.82 Å². The Labute approximate surface area is 122 Å². The number of hydrogen-bond donors (Lipinski definition) is 1. The maximum atomic E-state index is 13.4. The Balaban J connectivity index is 2.39. The molecule has 1 aromatic rings. The van der Waals surface area contributed by atoms with Gasteiger partial charge in [0.25, 0.3) is 0 Å². The summed E-state index contributed by atoms with van der Waals surface area (Å²) in [5.41, 5.74) is -0.977. The van der Waals surface area contributed by atoms with Gasteiger partial charge in [-0.25, -0.2) is 4.39 Å². The summed E-state index contributed by atoms with van der Waals surface area (Å²) in [7, 11) is 0. The number of nitrogens with zero attached hydrogens (tertiary/aromatic N) is 1. The predicted molar refractivity (Wildman–Crippen MR) is 74.9 cm³/mol. The van der Waals surface area contributed by atoms with Crippen LogP contribution in [0.3, 0.4) is 0 Å². The third-order valence-electron chi connectivity index (χ3n) is 3.88. The van der Waals surface area contributed by atoms with E-state index in [9.17, 15) is 17.6 Å². The maximum absolute atomic E-state index is 13.4. The van der Waals surface area contributed by atoms with Crippen molar-refractivity contribution in [3.63, 3.8) is 0 Å². The number of hydrogen-bond acceptors (Lipinski definition) is 2. The van der Waals surface area contributed by atoms with Crippen LogP contribution in [0.2, 0.25) is 0 Å². The molecule has 6 heteroatoms. The van der Waals surface area contributed by atoms with Crippen LogP contribution in [0.15, 0.2) is 18.2 Å². The lowest BCUT2D eigenvalue weighted by Gasteiger charge is -2.46. The van der Waals surface area contributed by atoms with E-state index in [1.807, 2.05) is 25.7 Å². The molecular weight excluding hydrogens is 284 g/mol.